The zero-order valence-corrected chi connectivity index (χ0v) is 10.9. The van der Waals surface area contributed by atoms with Crippen molar-refractivity contribution in [3.05, 3.63) is 0 Å². The lowest BCUT2D eigenvalue weighted by molar-refractivity contribution is -0.199. The molecule has 16 heavy (non-hydrogen) atoms. The first-order valence-electron chi connectivity index (χ1n) is 6.15. The molecule has 0 aromatic heterocycles. The Morgan fingerprint density at radius 2 is 2.12 bits per heavy atom. The van der Waals surface area contributed by atoms with Crippen LogP contribution >= 0.6 is 11.8 Å². The second-order valence-electron chi connectivity index (χ2n) is 6.24. The van der Waals surface area contributed by atoms with Gasteiger partial charge in [-0.25, -0.2) is 4.84 Å². The highest BCUT2D eigenvalue weighted by atomic mass is 35.5. The molecule has 4 rings (SSSR count). The number of halogens is 1. The summed E-state index contributed by atoms with van der Waals surface area (Å²) < 4.78 is 12.0. The molecular weight excluding hydrogens is 224 g/mol. The van der Waals surface area contributed by atoms with E-state index in [1.807, 2.05) is 0 Å². The molecule has 0 amide bonds. The SMILES string of the molecule is CC1(C)[C@@H]2C[C@H]3OB(CNCl)O[C@@]3(C)[C@H]1C2. The van der Waals surface area contributed by atoms with Gasteiger partial charge >= 0.3 is 7.12 Å². The molecule has 3 aliphatic carbocycles. The summed E-state index contributed by atoms with van der Waals surface area (Å²) in [4.78, 5) is 2.61. The molecule has 3 saturated carbocycles. The molecule has 0 spiro atoms. The van der Waals surface area contributed by atoms with Crippen LogP contribution < -0.4 is 4.84 Å². The zero-order valence-electron chi connectivity index (χ0n) is 10.1. The topological polar surface area (TPSA) is 30.5 Å². The first kappa shape index (κ1) is 11.3. The van der Waals surface area contributed by atoms with Gasteiger partial charge in [0.1, 0.15) is 0 Å². The lowest BCUT2D eigenvalue weighted by atomic mass is 9.43. The lowest BCUT2D eigenvalue weighted by Gasteiger charge is -2.64. The molecule has 1 saturated heterocycles. The van der Waals surface area contributed by atoms with E-state index in [1.165, 1.54) is 6.42 Å². The van der Waals surface area contributed by atoms with Gasteiger partial charge < -0.3 is 9.31 Å². The quantitative estimate of drug-likeness (QED) is 0.594. The van der Waals surface area contributed by atoms with E-state index in [0.717, 1.165) is 12.3 Å². The van der Waals surface area contributed by atoms with Crippen LogP contribution in [0.25, 0.3) is 0 Å². The average molecular weight is 244 g/mol. The van der Waals surface area contributed by atoms with Gasteiger partial charge in [0.2, 0.25) is 0 Å². The Hall–Kier alpha value is 0.235. The zero-order chi connectivity index (χ0) is 11.6. The molecule has 3 nitrogen and oxygen atoms in total. The third-order valence-electron chi connectivity index (χ3n) is 5.25. The molecule has 1 N–H and O–H groups in total. The monoisotopic (exact) mass is 243 g/mol. The maximum absolute atomic E-state index is 6.11. The summed E-state index contributed by atoms with van der Waals surface area (Å²) in [6, 6.07) is 0. The van der Waals surface area contributed by atoms with Crippen molar-refractivity contribution >= 4 is 18.9 Å². The van der Waals surface area contributed by atoms with Gasteiger partial charge in [0.05, 0.1) is 11.7 Å². The van der Waals surface area contributed by atoms with Gasteiger partial charge in [0.25, 0.3) is 0 Å². The van der Waals surface area contributed by atoms with E-state index >= 15 is 0 Å². The van der Waals surface area contributed by atoms with E-state index in [1.54, 1.807) is 0 Å². The van der Waals surface area contributed by atoms with Gasteiger partial charge in [-0.3, -0.25) is 0 Å². The van der Waals surface area contributed by atoms with Crippen LogP contribution in [0.15, 0.2) is 0 Å². The summed E-state index contributed by atoms with van der Waals surface area (Å²) in [5, 5.41) is 0. The van der Waals surface area contributed by atoms with E-state index in [2.05, 4.69) is 25.6 Å². The molecule has 2 bridgehead atoms. The average Bonchev–Trinajstić information content (AvgIpc) is 2.53. The van der Waals surface area contributed by atoms with E-state index in [0.29, 0.717) is 17.8 Å². The van der Waals surface area contributed by atoms with Crippen molar-refractivity contribution in [1.29, 1.82) is 0 Å². The van der Waals surface area contributed by atoms with Crippen LogP contribution in [0.4, 0.5) is 0 Å². The van der Waals surface area contributed by atoms with E-state index in [4.69, 9.17) is 21.1 Å². The van der Waals surface area contributed by atoms with Crippen molar-refractivity contribution in [2.24, 2.45) is 17.3 Å². The van der Waals surface area contributed by atoms with Gasteiger partial charge in [-0.05, 0) is 48.8 Å². The summed E-state index contributed by atoms with van der Waals surface area (Å²) >= 11 is 5.52. The summed E-state index contributed by atoms with van der Waals surface area (Å²) in [5.41, 5.74) is 0.314. The van der Waals surface area contributed by atoms with Crippen LogP contribution in [-0.2, 0) is 9.31 Å². The predicted molar refractivity (Wildman–Crippen MR) is 64.0 cm³/mol. The van der Waals surface area contributed by atoms with Crippen LogP contribution in [0.5, 0.6) is 0 Å². The molecule has 4 fully saturated rings. The second kappa shape index (κ2) is 3.38. The standard InChI is InChI=1S/C11H19BClNO2/c1-10(2)7-4-8(10)11(3)9(5-7)15-12(16-11)6-14-13/h7-9,14H,4-6H2,1-3H3/t7-,8-,9+,11-/m0/s1. The van der Waals surface area contributed by atoms with Crippen molar-refractivity contribution in [1.82, 2.24) is 4.84 Å². The molecule has 4 atom stereocenters. The normalized spacial score (nSPS) is 48.8. The minimum absolute atomic E-state index is 0.101. The predicted octanol–water partition coefficient (Wildman–Crippen LogP) is 2.00. The number of rotatable bonds is 2. The van der Waals surface area contributed by atoms with Gasteiger partial charge in [0.15, 0.2) is 0 Å². The van der Waals surface area contributed by atoms with Gasteiger partial charge in [-0.2, -0.15) is 0 Å². The Kier molecular flexibility index (Phi) is 2.39. The third-order valence-corrected chi connectivity index (χ3v) is 5.40. The first-order valence-corrected chi connectivity index (χ1v) is 6.53. The minimum Gasteiger partial charge on any atom is -0.405 e. The van der Waals surface area contributed by atoms with Crippen molar-refractivity contribution < 1.29 is 9.31 Å². The van der Waals surface area contributed by atoms with E-state index in [9.17, 15) is 0 Å². The molecule has 0 unspecified atom stereocenters. The maximum atomic E-state index is 6.11. The minimum atomic E-state index is -0.178. The van der Waals surface area contributed by atoms with Gasteiger partial charge in [-0.1, -0.05) is 13.8 Å². The van der Waals surface area contributed by atoms with Crippen molar-refractivity contribution in [3.8, 4) is 0 Å². The molecule has 90 valence electrons. The largest absolute Gasteiger partial charge is 0.473 e. The van der Waals surface area contributed by atoms with Crippen LogP contribution in [0, 0.1) is 17.3 Å². The fourth-order valence-corrected chi connectivity index (χ4v) is 4.23. The highest BCUT2D eigenvalue weighted by Gasteiger charge is 2.67. The molecule has 0 aromatic rings. The van der Waals surface area contributed by atoms with Crippen molar-refractivity contribution in [2.45, 2.75) is 45.3 Å². The highest BCUT2D eigenvalue weighted by molar-refractivity contribution is 6.46. The van der Waals surface area contributed by atoms with Crippen LogP contribution in [-0.4, -0.2) is 25.3 Å². The summed E-state index contributed by atoms with van der Waals surface area (Å²) in [6.45, 7) is 6.95. The van der Waals surface area contributed by atoms with E-state index in [-0.39, 0.29) is 18.8 Å². The maximum Gasteiger partial charge on any atom is 0.473 e. The Morgan fingerprint density at radius 3 is 2.75 bits per heavy atom. The fourth-order valence-electron chi connectivity index (χ4n) is 4.10. The summed E-state index contributed by atoms with van der Waals surface area (Å²) in [6.07, 6.45) is 3.26. The Labute approximate surface area is 102 Å². The third kappa shape index (κ3) is 1.27. The molecule has 1 heterocycles. The molecule has 5 heteroatoms. The molecule has 0 radical (unpaired) electrons. The fraction of sp³-hybridized carbons (Fsp3) is 1.00. The number of hydrogen-bond acceptors (Lipinski definition) is 3. The van der Waals surface area contributed by atoms with Gasteiger partial charge in [-0.15, -0.1) is 0 Å². The van der Waals surface area contributed by atoms with Gasteiger partial charge in [0, 0.05) is 6.44 Å². The molecule has 0 aromatic carbocycles. The first-order chi connectivity index (χ1) is 7.48. The lowest BCUT2D eigenvalue weighted by Crippen LogP contribution is -2.65. The summed E-state index contributed by atoms with van der Waals surface area (Å²) in [7, 11) is -0.178. The smallest absolute Gasteiger partial charge is 0.405 e. The van der Waals surface area contributed by atoms with Crippen LogP contribution in [0.2, 0.25) is 0 Å². The molecule has 4 aliphatic rings. The molecular formula is C11H19BClNO2. The van der Waals surface area contributed by atoms with Crippen molar-refractivity contribution in [3.63, 3.8) is 0 Å². The van der Waals surface area contributed by atoms with Crippen LogP contribution in [0.1, 0.15) is 33.6 Å². The van der Waals surface area contributed by atoms with Crippen LogP contribution in [0.3, 0.4) is 0 Å². The highest BCUT2D eigenvalue weighted by Crippen LogP contribution is 2.65. The Bertz CT molecular complexity index is 314. The number of nitrogens with one attached hydrogen (secondary N) is 1. The molecule has 1 aliphatic heterocycles. The Balaban J connectivity index is 1.81. The van der Waals surface area contributed by atoms with E-state index < -0.39 is 0 Å². The second-order valence-corrected chi connectivity index (χ2v) is 6.50. The van der Waals surface area contributed by atoms with Crippen molar-refractivity contribution in [2.75, 3.05) is 6.44 Å². The Morgan fingerprint density at radius 1 is 1.38 bits per heavy atom. The number of hydrogen-bond donors (Lipinski definition) is 1. The summed E-state index contributed by atoms with van der Waals surface area (Å²) in [5.74, 6) is 1.44.